The predicted molar refractivity (Wildman–Crippen MR) is 64.2 cm³/mol. The highest BCUT2D eigenvalue weighted by Crippen LogP contribution is 2.38. The largest absolute Gasteiger partial charge is 0.270 e. The van der Waals surface area contributed by atoms with Gasteiger partial charge in [-0.05, 0) is 30.7 Å². The number of nitro groups is 1. The standard InChI is InChI=1S/C11H11Cl2NO2/c12-10(7-1-2-7)5-8-3-4-9(14(15)16)6-11(8)13/h3-4,6-7,10H,1-2,5H2. The minimum atomic E-state index is -0.450. The van der Waals surface area contributed by atoms with Gasteiger partial charge in [-0.25, -0.2) is 0 Å². The number of hydrogen-bond acceptors (Lipinski definition) is 2. The van der Waals surface area contributed by atoms with Gasteiger partial charge in [-0.1, -0.05) is 17.7 Å². The first-order chi connectivity index (χ1) is 7.58. The minimum Gasteiger partial charge on any atom is -0.258 e. The Kier molecular flexibility index (Phi) is 3.36. The van der Waals surface area contributed by atoms with E-state index in [-0.39, 0.29) is 11.1 Å². The van der Waals surface area contributed by atoms with Crippen LogP contribution in [0.3, 0.4) is 0 Å². The molecule has 1 aliphatic carbocycles. The van der Waals surface area contributed by atoms with Gasteiger partial charge in [-0.3, -0.25) is 10.1 Å². The Hall–Kier alpha value is -0.800. The maximum absolute atomic E-state index is 10.5. The zero-order chi connectivity index (χ0) is 11.7. The van der Waals surface area contributed by atoms with Gasteiger partial charge in [0.05, 0.1) is 9.95 Å². The van der Waals surface area contributed by atoms with Crippen molar-refractivity contribution in [3.63, 3.8) is 0 Å². The van der Waals surface area contributed by atoms with Gasteiger partial charge in [0.1, 0.15) is 0 Å². The van der Waals surface area contributed by atoms with Crippen LogP contribution in [0.4, 0.5) is 5.69 Å². The summed E-state index contributed by atoms with van der Waals surface area (Å²) in [6, 6.07) is 4.54. The predicted octanol–water partition coefficient (Wildman–Crippen LogP) is 3.81. The van der Waals surface area contributed by atoms with Crippen molar-refractivity contribution in [3.05, 3.63) is 38.9 Å². The Balaban J connectivity index is 2.12. The van der Waals surface area contributed by atoms with Crippen molar-refractivity contribution in [2.75, 3.05) is 0 Å². The van der Waals surface area contributed by atoms with Gasteiger partial charge in [0, 0.05) is 17.5 Å². The first-order valence-corrected chi connectivity index (χ1v) is 5.96. The second kappa shape index (κ2) is 4.60. The van der Waals surface area contributed by atoms with Crippen molar-refractivity contribution < 1.29 is 4.92 Å². The molecule has 0 radical (unpaired) electrons. The van der Waals surface area contributed by atoms with E-state index < -0.39 is 4.92 Å². The molecule has 0 aromatic heterocycles. The summed E-state index contributed by atoms with van der Waals surface area (Å²) in [5.41, 5.74) is 0.908. The molecule has 16 heavy (non-hydrogen) atoms. The first-order valence-electron chi connectivity index (χ1n) is 5.15. The zero-order valence-electron chi connectivity index (χ0n) is 8.53. The summed E-state index contributed by atoms with van der Waals surface area (Å²) in [5, 5.41) is 11.1. The number of benzene rings is 1. The Morgan fingerprint density at radius 1 is 1.50 bits per heavy atom. The van der Waals surface area contributed by atoms with Crippen LogP contribution in [0.2, 0.25) is 5.02 Å². The lowest BCUT2D eigenvalue weighted by atomic mass is 10.1. The number of nitrogens with zero attached hydrogens (tertiary/aromatic N) is 1. The summed E-state index contributed by atoms with van der Waals surface area (Å²) in [6.07, 6.45) is 3.04. The van der Waals surface area contributed by atoms with Gasteiger partial charge < -0.3 is 0 Å². The van der Waals surface area contributed by atoms with Crippen LogP contribution in [0.1, 0.15) is 18.4 Å². The molecule has 5 heteroatoms. The van der Waals surface area contributed by atoms with Crippen LogP contribution in [0.15, 0.2) is 18.2 Å². The van der Waals surface area contributed by atoms with Gasteiger partial charge in [-0.2, -0.15) is 0 Å². The summed E-state index contributed by atoms with van der Waals surface area (Å²) in [5.74, 6) is 0.591. The maximum atomic E-state index is 10.5. The van der Waals surface area contributed by atoms with Crippen molar-refractivity contribution in [1.29, 1.82) is 0 Å². The highest BCUT2D eigenvalue weighted by molar-refractivity contribution is 6.31. The molecular weight excluding hydrogens is 249 g/mol. The van der Waals surface area contributed by atoms with Crippen LogP contribution < -0.4 is 0 Å². The molecule has 0 saturated heterocycles. The number of hydrogen-bond donors (Lipinski definition) is 0. The van der Waals surface area contributed by atoms with Crippen LogP contribution >= 0.6 is 23.2 Å². The molecule has 1 unspecified atom stereocenters. The second-order valence-electron chi connectivity index (χ2n) is 4.09. The van der Waals surface area contributed by atoms with Crippen LogP contribution in [0.25, 0.3) is 0 Å². The van der Waals surface area contributed by atoms with E-state index in [9.17, 15) is 10.1 Å². The molecule has 0 spiro atoms. The van der Waals surface area contributed by atoms with Gasteiger partial charge >= 0.3 is 0 Å². The Morgan fingerprint density at radius 2 is 2.19 bits per heavy atom. The Labute approximate surface area is 104 Å². The molecule has 1 aliphatic rings. The van der Waals surface area contributed by atoms with E-state index >= 15 is 0 Å². The van der Waals surface area contributed by atoms with E-state index in [4.69, 9.17) is 23.2 Å². The number of rotatable bonds is 4. The quantitative estimate of drug-likeness (QED) is 0.469. The van der Waals surface area contributed by atoms with Crippen molar-refractivity contribution in [2.24, 2.45) is 5.92 Å². The molecule has 0 amide bonds. The van der Waals surface area contributed by atoms with Gasteiger partial charge in [0.15, 0.2) is 0 Å². The maximum Gasteiger partial charge on any atom is 0.270 e. The lowest BCUT2D eigenvalue weighted by Crippen LogP contribution is -2.06. The summed E-state index contributed by atoms with van der Waals surface area (Å²) in [6.45, 7) is 0. The second-order valence-corrected chi connectivity index (χ2v) is 5.06. The SMILES string of the molecule is O=[N+]([O-])c1ccc(CC(Cl)C2CC2)c(Cl)c1. The fourth-order valence-corrected chi connectivity index (χ4v) is 2.32. The molecule has 0 N–H and O–H groups in total. The number of nitro benzene ring substituents is 1. The molecule has 3 nitrogen and oxygen atoms in total. The molecular formula is C11H11Cl2NO2. The Morgan fingerprint density at radius 3 is 2.69 bits per heavy atom. The number of non-ortho nitro benzene ring substituents is 1. The van der Waals surface area contributed by atoms with E-state index in [1.54, 1.807) is 6.07 Å². The lowest BCUT2D eigenvalue weighted by molar-refractivity contribution is -0.384. The van der Waals surface area contributed by atoms with Gasteiger partial charge in [-0.15, -0.1) is 11.6 Å². The van der Waals surface area contributed by atoms with E-state index in [0.29, 0.717) is 17.4 Å². The van der Waals surface area contributed by atoms with Crippen molar-refractivity contribution >= 4 is 28.9 Å². The lowest BCUT2D eigenvalue weighted by Gasteiger charge is -2.09. The van der Waals surface area contributed by atoms with Crippen molar-refractivity contribution in [1.82, 2.24) is 0 Å². The fraction of sp³-hybridized carbons (Fsp3) is 0.455. The molecule has 0 heterocycles. The third-order valence-electron chi connectivity index (χ3n) is 2.80. The number of halogens is 2. The molecule has 86 valence electrons. The molecule has 0 aliphatic heterocycles. The van der Waals surface area contributed by atoms with Crippen molar-refractivity contribution in [3.8, 4) is 0 Å². The van der Waals surface area contributed by atoms with Crippen molar-refractivity contribution in [2.45, 2.75) is 24.6 Å². The molecule has 1 aromatic rings. The third kappa shape index (κ3) is 2.66. The average molecular weight is 260 g/mol. The monoisotopic (exact) mass is 259 g/mol. The van der Waals surface area contributed by atoms with Crippen LogP contribution in [-0.4, -0.2) is 10.3 Å². The summed E-state index contributed by atoms with van der Waals surface area (Å²) < 4.78 is 0. The van der Waals surface area contributed by atoms with Gasteiger partial charge in [0.25, 0.3) is 5.69 Å². The number of alkyl halides is 1. The summed E-state index contributed by atoms with van der Waals surface area (Å²) >= 11 is 12.2. The van der Waals surface area contributed by atoms with E-state index in [1.165, 1.54) is 25.0 Å². The summed E-state index contributed by atoms with van der Waals surface area (Å²) in [4.78, 5) is 10.1. The molecule has 1 aromatic carbocycles. The molecule has 1 saturated carbocycles. The highest BCUT2D eigenvalue weighted by Gasteiger charge is 2.30. The van der Waals surface area contributed by atoms with E-state index in [0.717, 1.165) is 5.56 Å². The fourth-order valence-electron chi connectivity index (χ4n) is 1.65. The van der Waals surface area contributed by atoms with Crippen LogP contribution in [0.5, 0.6) is 0 Å². The first kappa shape index (κ1) is 11.7. The van der Waals surface area contributed by atoms with E-state index in [2.05, 4.69) is 0 Å². The smallest absolute Gasteiger partial charge is 0.258 e. The molecule has 2 rings (SSSR count). The average Bonchev–Trinajstić information content (AvgIpc) is 3.03. The molecule has 0 bridgehead atoms. The van der Waals surface area contributed by atoms with Crippen LogP contribution in [0, 0.1) is 16.0 Å². The van der Waals surface area contributed by atoms with E-state index in [1.807, 2.05) is 0 Å². The molecule has 1 atom stereocenters. The van der Waals surface area contributed by atoms with Crippen LogP contribution in [-0.2, 0) is 6.42 Å². The normalized spacial score (nSPS) is 17.1. The topological polar surface area (TPSA) is 43.1 Å². The minimum absolute atomic E-state index is 0.0197. The third-order valence-corrected chi connectivity index (χ3v) is 3.66. The highest BCUT2D eigenvalue weighted by atomic mass is 35.5. The summed E-state index contributed by atoms with van der Waals surface area (Å²) in [7, 11) is 0. The zero-order valence-corrected chi connectivity index (χ0v) is 10.0. The Bertz CT molecular complexity index is 418. The van der Waals surface area contributed by atoms with Gasteiger partial charge in [0.2, 0.25) is 0 Å². The molecule has 1 fully saturated rings.